The molecule has 13 heavy (non-hydrogen) atoms. The van der Waals surface area contributed by atoms with Crippen molar-refractivity contribution in [3.8, 4) is 0 Å². The van der Waals surface area contributed by atoms with Gasteiger partial charge in [0, 0.05) is 19.8 Å². The lowest BCUT2D eigenvalue weighted by molar-refractivity contribution is -0.368. The molecule has 0 N–H and O–H groups in total. The van der Waals surface area contributed by atoms with E-state index in [9.17, 15) is 0 Å². The van der Waals surface area contributed by atoms with Crippen LogP contribution in [0.4, 0.5) is 0 Å². The highest BCUT2D eigenvalue weighted by molar-refractivity contribution is 6.44. The number of hydrogen-bond acceptors (Lipinski definition) is 3. The van der Waals surface area contributed by atoms with E-state index in [4.69, 9.17) is 37.4 Å². The Morgan fingerprint density at radius 1 is 0.923 bits per heavy atom. The predicted molar refractivity (Wildman–Crippen MR) is 53.1 cm³/mol. The fourth-order valence-corrected chi connectivity index (χ4v) is 1.30. The Balaban J connectivity index is 4.38. The summed E-state index contributed by atoms with van der Waals surface area (Å²) >= 11 is 11.5. The average molecular weight is 231 g/mol. The van der Waals surface area contributed by atoms with Crippen molar-refractivity contribution in [1.82, 2.24) is 0 Å². The first kappa shape index (κ1) is 13.5. The molecule has 0 heterocycles. The van der Waals surface area contributed by atoms with Gasteiger partial charge in [0.2, 0.25) is 0 Å². The fourth-order valence-electron chi connectivity index (χ4n) is 0.918. The van der Waals surface area contributed by atoms with Crippen molar-refractivity contribution < 1.29 is 14.2 Å². The summed E-state index contributed by atoms with van der Waals surface area (Å²) in [6, 6.07) is 0. The molecule has 0 aliphatic heterocycles. The Labute approximate surface area is 89.2 Å². The normalized spacial score (nSPS) is 12.5. The van der Waals surface area contributed by atoms with Gasteiger partial charge in [0.1, 0.15) is 0 Å². The van der Waals surface area contributed by atoms with Gasteiger partial charge in [0.25, 0.3) is 0 Å². The van der Waals surface area contributed by atoms with Crippen LogP contribution in [-0.4, -0.2) is 30.6 Å². The van der Waals surface area contributed by atoms with E-state index in [1.165, 1.54) is 0 Å². The molecule has 3 nitrogen and oxygen atoms in total. The molecular weight excluding hydrogens is 215 g/mol. The molecule has 0 aliphatic rings. The maximum Gasteiger partial charge on any atom is 0.314 e. The summed E-state index contributed by atoms with van der Waals surface area (Å²) in [6.45, 7) is 6.75. The molecule has 0 radical (unpaired) electrons. The Bertz CT molecular complexity index is 114. The van der Waals surface area contributed by atoms with Crippen molar-refractivity contribution in [1.29, 1.82) is 0 Å². The number of halogens is 2. The zero-order valence-electron chi connectivity index (χ0n) is 8.18. The van der Waals surface area contributed by atoms with E-state index in [1.807, 2.05) is 20.8 Å². The third-order valence-electron chi connectivity index (χ3n) is 1.30. The fraction of sp³-hybridized carbons (Fsp3) is 1.00. The van der Waals surface area contributed by atoms with Gasteiger partial charge in [-0.2, -0.15) is 0 Å². The summed E-state index contributed by atoms with van der Waals surface area (Å²) in [7, 11) is 0. The highest BCUT2D eigenvalue weighted by atomic mass is 35.5. The Morgan fingerprint density at radius 2 is 1.23 bits per heavy atom. The van der Waals surface area contributed by atoms with Gasteiger partial charge in [-0.3, -0.25) is 0 Å². The van der Waals surface area contributed by atoms with E-state index < -0.39 is 10.8 Å². The second-order valence-corrected chi connectivity index (χ2v) is 3.30. The van der Waals surface area contributed by atoms with Gasteiger partial charge in [-0.15, -0.1) is 0 Å². The van der Waals surface area contributed by atoms with Crippen LogP contribution in [0.5, 0.6) is 0 Å². The van der Waals surface area contributed by atoms with Gasteiger partial charge in [0.05, 0.1) is 0 Å². The molecule has 0 amide bonds. The van der Waals surface area contributed by atoms with Crippen LogP contribution >= 0.6 is 23.2 Å². The second kappa shape index (κ2) is 6.85. The minimum absolute atomic E-state index is 0.427. The van der Waals surface area contributed by atoms with Gasteiger partial charge >= 0.3 is 5.97 Å². The molecule has 0 saturated heterocycles. The smallest absolute Gasteiger partial charge is 0.314 e. The lowest BCUT2D eigenvalue weighted by Crippen LogP contribution is -2.45. The third kappa shape index (κ3) is 4.00. The van der Waals surface area contributed by atoms with Crippen molar-refractivity contribution >= 4 is 23.2 Å². The Kier molecular flexibility index (Phi) is 7.09. The molecule has 0 aromatic heterocycles. The average Bonchev–Trinajstić information content (AvgIpc) is 2.05. The first-order valence-corrected chi connectivity index (χ1v) is 5.20. The van der Waals surface area contributed by atoms with Crippen molar-refractivity contribution in [3.63, 3.8) is 0 Å². The van der Waals surface area contributed by atoms with Crippen LogP contribution < -0.4 is 0 Å². The molecule has 0 aliphatic carbocycles. The van der Waals surface area contributed by atoms with Crippen LogP contribution in [0.25, 0.3) is 0 Å². The maximum atomic E-state index is 5.73. The molecule has 0 rings (SSSR count). The first-order valence-electron chi connectivity index (χ1n) is 4.32. The lowest BCUT2D eigenvalue weighted by atomic mass is 10.6. The van der Waals surface area contributed by atoms with Gasteiger partial charge in [-0.05, 0) is 20.8 Å². The Morgan fingerprint density at radius 3 is 1.38 bits per heavy atom. The summed E-state index contributed by atoms with van der Waals surface area (Å²) in [4.78, 5) is -0.868. The molecule has 0 bridgehead atoms. The van der Waals surface area contributed by atoms with Crippen molar-refractivity contribution in [3.05, 3.63) is 0 Å². The van der Waals surface area contributed by atoms with Crippen LogP contribution in [0.3, 0.4) is 0 Å². The van der Waals surface area contributed by atoms with Crippen LogP contribution in [-0.2, 0) is 14.2 Å². The number of rotatable bonds is 7. The van der Waals surface area contributed by atoms with Crippen molar-refractivity contribution in [2.75, 3.05) is 19.8 Å². The minimum atomic E-state index is -1.32. The van der Waals surface area contributed by atoms with Gasteiger partial charge < -0.3 is 14.2 Å². The molecule has 0 unspecified atom stereocenters. The van der Waals surface area contributed by atoms with Gasteiger partial charge in [-0.25, -0.2) is 0 Å². The van der Waals surface area contributed by atoms with Crippen LogP contribution in [0.15, 0.2) is 0 Å². The van der Waals surface area contributed by atoms with E-state index in [0.29, 0.717) is 19.8 Å². The van der Waals surface area contributed by atoms with E-state index in [1.54, 1.807) is 0 Å². The molecule has 80 valence electrons. The monoisotopic (exact) mass is 230 g/mol. The molecule has 0 fully saturated rings. The second-order valence-electron chi connectivity index (χ2n) is 2.20. The van der Waals surface area contributed by atoms with E-state index >= 15 is 0 Å². The maximum absolute atomic E-state index is 5.73. The van der Waals surface area contributed by atoms with Crippen LogP contribution in [0, 0.1) is 0 Å². The van der Waals surface area contributed by atoms with Crippen LogP contribution in [0.2, 0.25) is 0 Å². The first-order chi connectivity index (χ1) is 6.13. The highest BCUT2D eigenvalue weighted by Gasteiger charge is 2.40. The summed E-state index contributed by atoms with van der Waals surface area (Å²) in [5.74, 6) is -1.32. The molecular formula is C8H16Cl2O3. The number of ether oxygens (including phenoxy) is 3. The number of hydrogen-bond donors (Lipinski definition) is 0. The zero-order chi connectivity index (χ0) is 10.3. The topological polar surface area (TPSA) is 27.7 Å². The molecule has 0 aromatic rings. The van der Waals surface area contributed by atoms with E-state index in [0.717, 1.165) is 0 Å². The van der Waals surface area contributed by atoms with Gasteiger partial charge in [0.15, 0.2) is 4.84 Å². The van der Waals surface area contributed by atoms with E-state index in [2.05, 4.69) is 0 Å². The van der Waals surface area contributed by atoms with Crippen molar-refractivity contribution in [2.24, 2.45) is 0 Å². The lowest BCUT2D eigenvalue weighted by Gasteiger charge is -2.32. The standard InChI is InChI=1S/C8H16Cl2O3/c1-4-11-8(7(9)10,12-5-2)13-6-3/h7H,4-6H2,1-3H3. The Hall–Kier alpha value is 0.460. The quantitative estimate of drug-likeness (QED) is 0.497. The van der Waals surface area contributed by atoms with E-state index in [-0.39, 0.29) is 0 Å². The summed E-state index contributed by atoms with van der Waals surface area (Å²) in [6.07, 6.45) is 0. The molecule has 0 saturated carbocycles. The van der Waals surface area contributed by atoms with Crippen LogP contribution in [0.1, 0.15) is 20.8 Å². The molecule has 0 spiro atoms. The predicted octanol–water partition coefficient (Wildman–Crippen LogP) is 2.55. The zero-order valence-corrected chi connectivity index (χ0v) is 9.69. The highest BCUT2D eigenvalue weighted by Crippen LogP contribution is 2.27. The SMILES string of the molecule is CCOC(OCC)(OCC)C(Cl)Cl. The molecule has 5 heteroatoms. The third-order valence-corrected chi connectivity index (χ3v) is 1.84. The molecule has 0 aromatic carbocycles. The summed E-state index contributed by atoms with van der Waals surface area (Å²) < 4.78 is 15.8. The van der Waals surface area contributed by atoms with Crippen molar-refractivity contribution in [2.45, 2.75) is 31.6 Å². The number of alkyl halides is 2. The largest absolute Gasteiger partial charge is 0.326 e. The van der Waals surface area contributed by atoms with Gasteiger partial charge in [-0.1, -0.05) is 23.2 Å². The minimum Gasteiger partial charge on any atom is -0.326 e. The molecule has 0 atom stereocenters. The summed E-state index contributed by atoms with van der Waals surface area (Å²) in [5, 5.41) is 0. The summed E-state index contributed by atoms with van der Waals surface area (Å²) in [5.41, 5.74) is 0.